The maximum Gasteiger partial charge on any atom is 0.195 e. The first kappa shape index (κ1) is 8.75. The number of carbonyl (C=O) groups is 1. The maximum atomic E-state index is 11.8. The van der Waals surface area contributed by atoms with Gasteiger partial charge in [0.1, 0.15) is 0 Å². The zero-order valence-corrected chi connectivity index (χ0v) is 7.90. The number of nitrogens with zero attached hydrogens (tertiary/aromatic N) is 1. The van der Waals surface area contributed by atoms with E-state index < -0.39 is 0 Å². The van der Waals surface area contributed by atoms with E-state index in [1.807, 2.05) is 43.6 Å². The molecule has 1 aromatic heterocycles. The van der Waals surface area contributed by atoms with E-state index in [0.29, 0.717) is 11.1 Å². The van der Waals surface area contributed by atoms with Gasteiger partial charge in [-0.25, -0.2) is 0 Å². The molecule has 1 aromatic carbocycles. The monoisotopic (exact) mass is 184 g/mol. The van der Waals surface area contributed by atoms with Crippen LogP contribution >= 0.6 is 0 Å². The molecular formula is C12H10NO. The molecule has 69 valence electrons. The normalized spacial score (nSPS) is 10.1. The number of hydrogen-bond donors (Lipinski definition) is 0. The van der Waals surface area contributed by atoms with Gasteiger partial charge < -0.3 is 4.57 Å². The van der Waals surface area contributed by atoms with Crippen molar-refractivity contribution in [3.05, 3.63) is 59.9 Å². The van der Waals surface area contributed by atoms with Crippen LogP contribution in [-0.2, 0) is 7.05 Å². The average molecular weight is 184 g/mol. The highest BCUT2D eigenvalue weighted by atomic mass is 16.1. The third kappa shape index (κ3) is 1.59. The van der Waals surface area contributed by atoms with Gasteiger partial charge in [-0.3, -0.25) is 4.79 Å². The number of benzene rings is 1. The van der Waals surface area contributed by atoms with Crippen molar-refractivity contribution in [2.75, 3.05) is 0 Å². The summed E-state index contributed by atoms with van der Waals surface area (Å²) >= 11 is 0. The zero-order chi connectivity index (χ0) is 9.97. The van der Waals surface area contributed by atoms with Crippen molar-refractivity contribution in [3.8, 4) is 0 Å². The van der Waals surface area contributed by atoms with Gasteiger partial charge in [0.15, 0.2) is 5.78 Å². The summed E-state index contributed by atoms with van der Waals surface area (Å²) in [6.07, 6.45) is 4.76. The van der Waals surface area contributed by atoms with E-state index >= 15 is 0 Å². The molecule has 0 fully saturated rings. The fourth-order valence-electron chi connectivity index (χ4n) is 1.32. The van der Waals surface area contributed by atoms with Gasteiger partial charge in [0.05, 0.1) is 6.20 Å². The van der Waals surface area contributed by atoms with E-state index in [9.17, 15) is 4.79 Å². The second kappa shape index (κ2) is 3.50. The Bertz CT molecular complexity index is 442. The summed E-state index contributed by atoms with van der Waals surface area (Å²) in [5.74, 6) is 0.0196. The third-order valence-electron chi connectivity index (χ3n) is 2.04. The molecule has 0 N–H and O–H groups in total. The van der Waals surface area contributed by atoms with E-state index in [0.717, 1.165) is 0 Å². The molecule has 1 radical (unpaired) electrons. The molecule has 0 aliphatic rings. The summed E-state index contributed by atoms with van der Waals surface area (Å²) in [4.78, 5) is 11.8. The molecule has 2 aromatic rings. The Hall–Kier alpha value is -1.83. The van der Waals surface area contributed by atoms with Crippen LogP contribution in [0.1, 0.15) is 15.9 Å². The molecule has 0 atom stereocenters. The standard InChI is InChI=1S/C12H10NO/c1-13-8-7-11(9-13)12(14)10-5-3-2-4-6-10/h2-8H,1H3. The first-order valence-electron chi connectivity index (χ1n) is 4.42. The lowest BCUT2D eigenvalue weighted by molar-refractivity contribution is 0.103. The number of rotatable bonds is 2. The summed E-state index contributed by atoms with van der Waals surface area (Å²) in [6, 6.07) is 11.0. The number of carbonyl (C=O) groups excluding carboxylic acids is 1. The molecule has 0 bridgehead atoms. The van der Waals surface area contributed by atoms with Crippen LogP contribution < -0.4 is 0 Å². The Kier molecular flexibility index (Phi) is 2.19. The van der Waals surface area contributed by atoms with Gasteiger partial charge in [-0.15, -0.1) is 0 Å². The van der Waals surface area contributed by atoms with Gasteiger partial charge in [-0.2, -0.15) is 0 Å². The van der Waals surface area contributed by atoms with E-state index in [-0.39, 0.29) is 5.78 Å². The molecule has 0 saturated carbocycles. The van der Waals surface area contributed by atoms with Crippen molar-refractivity contribution in [1.82, 2.24) is 4.57 Å². The number of ketones is 1. The summed E-state index contributed by atoms with van der Waals surface area (Å²) in [7, 11) is 1.85. The fraction of sp³-hybridized carbons (Fsp3) is 0.0833. The third-order valence-corrected chi connectivity index (χ3v) is 2.04. The Morgan fingerprint density at radius 2 is 1.93 bits per heavy atom. The van der Waals surface area contributed by atoms with E-state index in [1.165, 1.54) is 0 Å². The molecule has 2 nitrogen and oxygen atoms in total. The molecular weight excluding hydrogens is 174 g/mol. The minimum absolute atomic E-state index is 0.0196. The first-order valence-corrected chi connectivity index (χ1v) is 4.42. The number of hydrogen-bond acceptors (Lipinski definition) is 1. The summed E-state index contributed by atoms with van der Waals surface area (Å²) < 4.78 is 1.75. The van der Waals surface area contributed by atoms with Crippen molar-refractivity contribution in [2.45, 2.75) is 0 Å². The van der Waals surface area contributed by atoms with Crippen molar-refractivity contribution in [3.63, 3.8) is 0 Å². The van der Waals surface area contributed by atoms with Crippen LogP contribution in [0.2, 0.25) is 0 Å². The predicted molar refractivity (Wildman–Crippen MR) is 54.1 cm³/mol. The van der Waals surface area contributed by atoms with Gasteiger partial charge in [0.2, 0.25) is 0 Å². The topological polar surface area (TPSA) is 22.0 Å². The first-order chi connectivity index (χ1) is 6.77. The maximum absolute atomic E-state index is 11.8. The molecule has 0 unspecified atom stereocenters. The second-order valence-corrected chi connectivity index (χ2v) is 3.15. The van der Waals surface area contributed by atoms with Gasteiger partial charge in [0, 0.05) is 24.4 Å². The molecule has 0 spiro atoms. The van der Waals surface area contributed by atoms with E-state index in [1.54, 1.807) is 10.6 Å². The molecule has 2 rings (SSSR count). The van der Waals surface area contributed by atoms with Crippen LogP contribution in [0.15, 0.2) is 42.6 Å². The minimum atomic E-state index is 0.0196. The van der Waals surface area contributed by atoms with Gasteiger partial charge in [0.25, 0.3) is 0 Å². The van der Waals surface area contributed by atoms with Crippen LogP contribution in [0.4, 0.5) is 0 Å². The number of aryl methyl sites for hydroxylation is 1. The summed E-state index contributed by atoms with van der Waals surface area (Å²) in [5, 5.41) is 0. The fourth-order valence-corrected chi connectivity index (χ4v) is 1.32. The number of aromatic nitrogens is 1. The van der Waals surface area contributed by atoms with Crippen LogP contribution in [0.3, 0.4) is 0 Å². The lowest BCUT2D eigenvalue weighted by Gasteiger charge is -1.95. The minimum Gasteiger partial charge on any atom is -0.349 e. The van der Waals surface area contributed by atoms with Gasteiger partial charge in [-0.05, 0) is 6.07 Å². The summed E-state index contributed by atoms with van der Waals surface area (Å²) in [5.41, 5.74) is 1.31. The predicted octanol–water partition coefficient (Wildman–Crippen LogP) is 2.06. The van der Waals surface area contributed by atoms with Crippen molar-refractivity contribution < 1.29 is 4.79 Å². The SMILES string of the molecule is Cn1[c]c(C(=O)c2ccccc2)cc1. The molecule has 2 heteroatoms. The molecule has 0 amide bonds. The van der Waals surface area contributed by atoms with Crippen molar-refractivity contribution >= 4 is 5.78 Å². The van der Waals surface area contributed by atoms with Crippen LogP contribution in [0.5, 0.6) is 0 Å². The van der Waals surface area contributed by atoms with Crippen molar-refractivity contribution in [1.29, 1.82) is 0 Å². The van der Waals surface area contributed by atoms with Gasteiger partial charge in [-0.1, -0.05) is 30.3 Å². The summed E-state index contributed by atoms with van der Waals surface area (Å²) in [6.45, 7) is 0. The Morgan fingerprint density at radius 3 is 2.50 bits per heavy atom. The highest BCUT2D eigenvalue weighted by molar-refractivity contribution is 6.08. The Labute approximate surface area is 82.8 Å². The molecule has 0 saturated heterocycles. The quantitative estimate of drug-likeness (QED) is 0.655. The largest absolute Gasteiger partial charge is 0.349 e. The second-order valence-electron chi connectivity index (χ2n) is 3.15. The van der Waals surface area contributed by atoms with Gasteiger partial charge >= 0.3 is 0 Å². The highest BCUT2D eigenvalue weighted by Gasteiger charge is 2.08. The van der Waals surface area contributed by atoms with Crippen LogP contribution in [-0.4, -0.2) is 10.4 Å². The highest BCUT2D eigenvalue weighted by Crippen LogP contribution is 2.08. The van der Waals surface area contributed by atoms with Crippen LogP contribution in [0.25, 0.3) is 0 Å². The van der Waals surface area contributed by atoms with Crippen LogP contribution in [0, 0.1) is 6.20 Å². The average Bonchev–Trinajstić information content (AvgIpc) is 2.65. The smallest absolute Gasteiger partial charge is 0.195 e. The van der Waals surface area contributed by atoms with E-state index in [2.05, 4.69) is 6.20 Å². The van der Waals surface area contributed by atoms with Crippen molar-refractivity contribution in [2.24, 2.45) is 7.05 Å². The van der Waals surface area contributed by atoms with E-state index in [4.69, 9.17) is 0 Å². The lowest BCUT2D eigenvalue weighted by atomic mass is 10.1. The molecule has 0 aliphatic heterocycles. The Balaban J connectivity index is 2.34. The molecule has 14 heavy (non-hydrogen) atoms. The lowest BCUT2D eigenvalue weighted by Crippen LogP contribution is -1.99. The Morgan fingerprint density at radius 1 is 1.21 bits per heavy atom. The zero-order valence-electron chi connectivity index (χ0n) is 7.90. The molecule has 1 heterocycles. The molecule has 0 aliphatic carbocycles.